The first-order chi connectivity index (χ1) is 7.79. The molecule has 0 saturated heterocycles. The van der Waals surface area contributed by atoms with Gasteiger partial charge in [-0.15, -0.1) is 11.6 Å². The summed E-state index contributed by atoms with van der Waals surface area (Å²) in [6.45, 7) is 0.927. The van der Waals surface area contributed by atoms with E-state index < -0.39 is 0 Å². The van der Waals surface area contributed by atoms with Gasteiger partial charge < -0.3 is 10.1 Å². The number of alkyl halides is 1. The lowest BCUT2D eigenvalue weighted by Gasteiger charge is -2.13. The molecule has 0 radical (unpaired) electrons. The van der Waals surface area contributed by atoms with Crippen molar-refractivity contribution >= 4 is 17.4 Å². The number of hydrogen-bond acceptors (Lipinski definition) is 3. The number of methoxy groups -OCH3 is 1. The highest BCUT2D eigenvalue weighted by atomic mass is 35.5. The van der Waals surface area contributed by atoms with E-state index in [1.165, 1.54) is 6.42 Å². The van der Waals surface area contributed by atoms with Gasteiger partial charge in [0.05, 0.1) is 7.11 Å². The first-order valence-corrected chi connectivity index (χ1v) is 6.10. The largest absolute Gasteiger partial charge is 0.493 e. The molecule has 2 unspecified atom stereocenters. The molecule has 1 aliphatic carbocycles. The number of aromatic nitrogens is 1. The number of halogens is 1. The van der Waals surface area contributed by atoms with Crippen molar-refractivity contribution in [1.82, 2.24) is 4.98 Å². The Morgan fingerprint density at radius 3 is 3.12 bits per heavy atom. The molecule has 0 spiro atoms. The van der Waals surface area contributed by atoms with Crippen molar-refractivity contribution < 1.29 is 4.74 Å². The van der Waals surface area contributed by atoms with Gasteiger partial charge in [0.15, 0.2) is 11.6 Å². The number of ether oxygens (including phenoxy) is 1. The Kier molecular flexibility index (Phi) is 3.88. The van der Waals surface area contributed by atoms with Crippen LogP contribution in [0.2, 0.25) is 0 Å². The Hall–Kier alpha value is -0.960. The van der Waals surface area contributed by atoms with E-state index in [-0.39, 0.29) is 0 Å². The molecule has 88 valence electrons. The number of hydrogen-bond donors (Lipinski definition) is 1. The summed E-state index contributed by atoms with van der Waals surface area (Å²) in [6, 6.07) is 3.78. The van der Waals surface area contributed by atoms with Gasteiger partial charge in [-0.2, -0.15) is 0 Å². The van der Waals surface area contributed by atoms with Crippen molar-refractivity contribution in [3.63, 3.8) is 0 Å². The number of anilines is 1. The summed E-state index contributed by atoms with van der Waals surface area (Å²) < 4.78 is 5.23. The molecule has 3 nitrogen and oxygen atoms in total. The van der Waals surface area contributed by atoms with E-state index in [9.17, 15) is 0 Å². The van der Waals surface area contributed by atoms with Crippen LogP contribution in [0.1, 0.15) is 19.3 Å². The van der Waals surface area contributed by atoms with E-state index in [2.05, 4.69) is 10.3 Å². The number of pyridine rings is 1. The molecule has 0 aromatic carbocycles. The number of rotatable bonds is 4. The second-order valence-electron chi connectivity index (χ2n) is 4.21. The predicted octanol–water partition coefficient (Wildman–Crippen LogP) is 2.91. The molecule has 0 amide bonds. The Labute approximate surface area is 101 Å². The van der Waals surface area contributed by atoms with E-state index in [0.29, 0.717) is 11.3 Å². The molecule has 1 saturated carbocycles. The first-order valence-electron chi connectivity index (χ1n) is 5.66. The van der Waals surface area contributed by atoms with Crippen molar-refractivity contribution in [2.45, 2.75) is 24.6 Å². The maximum atomic E-state index is 6.08. The third-order valence-electron chi connectivity index (χ3n) is 3.03. The minimum absolute atomic E-state index is 0.359. The first kappa shape index (κ1) is 11.5. The zero-order chi connectivity index (χ0) is 11.4. The van der Waals surface area contributed by atoms with E-state index in [1.54, 1.807) is 13.3 Å². The van der Waals surface area contributed by atoms with Gasteiger partial charge >= 0.3 is 0 Å². The summed E-state index contributed by atoms with van der Waals surface area (Å²) in [5.41, 5.74) is 0. The topological polar surface area (TPSA) is 34.1 Å². The van der Waals surface area contributed by atoms with Crippen LogP contribution >= 0.6 is 11.6 Å². The lowest BCUT2D eigenvalue weighted by molar-refractivity contribution is 0.414. The van der Waals surface area contributed by atoms with Crippen LogP contribution in [0.5, 0.6) is 5.75 Å². The summed E-state index contributed by atoms with van der Waals surface area (Å²) in [7, 11) is 1.66. The van der Waals surface area contributed by atoms with E-state index in [4.69, 9.17) is 16.3 Å². The number of nitrogens with one attached hydrogen (secondary N) is 1. The third kappa shape index (κ3) is 2.79. The second kappa shape index (κ2) is 5.39. The van der Waals surface area contributed by atoms with E-state index in [1.807, 2.05) is 12.1 Å². The molecule has 2 rings (SSSR count). The highest BCUT2D eigenvalue weighted by Crippen LogP contribution is 2.30. The SMILES string of the molecule is COc1cccnc1NCC1CCC(Cl)C1. The minimum atomic E-state index is 0.359. The Bertz CT molecular complexity index is 346. The summed E-state index contributed by atoms with van der Waals surface area (Å²) >= 11 is 6.08. The average Bonchev–Trinajstić information content (AvgIpc) is 2.73. The maximum Gasteiger partial charge on any atom is 0.168 e. The predicted molar refractivity (Wildman–Crippen MR) is 66.3 cm³/mol. The second-order valence-corrected chi connectivity index (χ2v) is 4.83. The van der Waals surface area contributed by atoms with Crippen LogP contribution in [0, 0.1) is 5.92 Å². The normalized spacial score (nSPS) is 24.4. The summed E-state index contributed by atoms with van der Waals surface area (Å²) in [5, 5.41) is 3.69. The van der Waals surface area contributed by atoms with Crippen molar-refractivity contribution in [3.05, 3.63) is 18.3 Å². The van der Waals surface area contributed by atoms with Gasteiger partial charge in [0.2, 0.25) is 0 Å². The monoisotopic (exact) mass is 240 g/mol. The standard InChI is InChI=1S/C12H17ClN2O/c1-16-11-3-2-6-14-12(11)15-8-9-4-5-10(13)7-9/h2-3,6,9-10H,4-5,7-8H2,1H3,(H,14,15). The van der Waals surface area contributed by atoms with Gasteiger partial charge in [0, 0.05) is 18.1 Å². The molecule has 1 fully saturated rings. The zero-order valence-corrected chi connectivity index (χ0v) is 10.2. The van der Waals surface area contributed by atoms with Crippen LogP contribution in [0.15, 0.2) is 18.3 Å². The molecule has 1 aliphatic rings. The van der Waals surface area contributed by atoms with Crippen LogP contribution in [-0.2, 0) is 0 Å². The molecule has 2 atom stereocenters. The van der Waals surface area contributed by atoms with Gasteiger partial charge in [0.1, 0.15) is 0 Å². The van der Waals surface area contributed by atoms with E-state index >= 15 is 0 Å². The van der Waals surface area contributed by atoms with Gasteiger partial charge in [-0.05, 0) is 37.3 Å². The molecular formula is C12H17ClN2O. The summed E-state index contributed by atoms with van der Waals surface area (Å²) in [4.78, 5) is 4.26. The Balaban J connectivity index is 1.89. The highest BCUT2D eigenvalue weighted by molar-refractivity contribution is 6.20. The maximum absolute atomic E-state index is 6.08. The smallest absolute Gasteiger partial charge is 0.168 e. The minimum Gasteiger partial charge on any atom is -0.493 e. The van der Waals surface area contributed by atoms with Gasteiger partial charge in [0.25, 0.3) is 0 Å². The number of nitrogens with zero attached hydrogens (tertiary/aromatic N) is 1. The fraction of sp³-hybridized carbons (Fsp3) is 0.583. The quantitative estimate of drug-likeness (QED) is 0.822. The molecule has 0 bridgehead atoms. The van der Waals surface area contributed by atoms with Crippen molar-refractivity contribution in [1.29, 1.82) is 0 Å². The molecule has 16 heavy (non-hydrogen) atoms. The fourth-order valence-electron chi connectivity index (χ4n) is 2.13. The highest BCUT2D eigenvalue weighted by Gasteiger charge is 2.22. The van der Waals surface area contributed by atoms with Crippen molar-refractivity contribution in [2.75, 3.05) is 19.0 Å². The molecule has 0 aliphatic heterocycles. The van der Waals surface area contributed by atoms with Crippen molar-refractivity contribution in [3.8, 4) is 5.75 Å². The van der Waals surface area contributed by atoms with Crippen LogP contribution in [0.25, 0.3) is 0 Å². The lowest BCUT2D eigenvalue weighted by atomic mass is 10.1. The van der Waals surface area contributed by atoms with E-state index in [0.717, 1.165) is 31.0 Å². The molecule has 1 aromatic rings. The fourth-order valence-corrected chi connectivity index (χ4v) is 2.51. The molecule has 4 heteroatoms. The molecule has 1 heterocycles. The molecular weight excluding hydrogens is 224 g/mol. The Morgan fingerprint density at radius 1 is 1.56 bits per heavy atom. The van der Waals surface area contributed by atoms with Crippen LogP contribution in [0.4, 0.5) is 5.82 Å². The van der Waals surface area contributed by atoms with Crippen LogP contribution < -0.4 is 10.1 Å². The average molecular weight is 241 g/mol. The summed E-state index contributed by atoms with van der Waals surface area (Å²) in [6.07, 6.45) is 5.21. The van der Waals surface area contributed by atoms with Gasteiger partial charge in [-0.1, -0.05) is 0 Å². The van der Waals surface area contributed by atoms with Crippen LogP contribution in [-0.4, -0.2) is 24.0 Å². The van der Waals surface area contributed by atoms with Crippen molar-refractivity contribution in [2.24, 2.45) is 5.92 Å². The van der Waals surface area contributed by atoms with Gasteiger partial charge in [-0.25, -0.2) is 4.98 Å². The molecule has 1 N–H and O–H groups in total. The van der Waals surface area contributed by atoms with Crippen LogP contribution in [0.3, 0.4) is 0 Å². The van der Waals surface area contributed by atoms with Gasteiger partial charge in [-0.3, -0.25) is 0 Å². The lowest BCUT2D eigenvalue weighted by Crippen LogP contribution is -2.13. The third-order valence-corrected chi connectivity index (χ3v) is 3.42. The molecule has 1 aromatic heterocycles. The Morgan fingerprint density at radius 2 is 2.44 bits per heavy atom. The summed E-state index contributed by atoms with van der Waals surface area (Å²) in [5.74, 6) is 2.28. The zero-order valence-electron chi connectivity index (χ0n) is 9.45.